The number of amides is 1. The zero-order valence-electron chi connectivity index (χ0n) is 12.6. The van der Waals surface area contributed by atoms with Crippen LogP contribution in [0.4, 0.5) is 0 Å². The summed E-state index contributed by atoms with van der Waals surface area (Å²) in [7, 11) is 1.66. The number of hydrogen-bond acceptors (Lipinski definition) is 5. The van der Waals surface area contributed by atoms with E-state index >= 15 is 0 Å². The average Bonchev–Trinajstić information content (AvgIpc) is 3.08. The number of rotatable bonds is 4. The molecule has 3 rings (SSSR count). The van der Waals surface area contributed by atoms with Crippen LogP contribution in [0.1, 0.15) is 26.8 Å². The molecule has 2 N–H and O–H groups in total. The van der Waals surface area contributed by atoms with Gasteiger partial charge in [-0.1, -0.05) is 12.1 Å². The van der Waals surface area contributed by atoms with Crippen molar-refractivity contribution in [2.24, 2.45) is 0 Å². The van der Waals surface area contributed by atoms with Crippen LogP contribution in [0.5, 0.6) is 0 Å². The van der Waals surface area contributed by atoms with Crippen LogP contribution in [0.2, 0.25) is 0 Å². The molecule has 1 aromatic carbocycles. The second-order valence-electron chi connectivity index (χ2n) is 5.36. The number of carbonyl (C=O) groups is 1. The van der Waals surface area contributed by atoms with Gasteiger partial charge in [-0.2, -0.15) is 0 Å². The summed E-state index contributed by atoms with van der Waals surface area (Å²) < 4.78 is 0. The van der Waals surface area contributed by atoms with Crippen molar-refractivity contribution in [2.45, 2.75) is 12.6 Å². The molecule has 2 aromatic rings. The zero-order chi connectivity index (χ0) is 15.4. The van der Waals surface area contributed by atoms with E-state index in [4.69, 9.17) is 0 Å². The third-order valence-corrected chi connectivity index (χ3v) is 4.72. The van der Waals surface area contributed by atoms with Crippen LogP contribution in [0.15, 0.2) is 36.0 Å². The Kier molecular flexibility index (Phi) is 4.82. The molecule has 0 radical (unpaired) electrons. The number of thiazole rings is 1. The molecule has 1 aliphatic heterocycles. The number of aromatic nitrogens is 1. The molecule has 116 valence electrons. The molecule has 1 atom stereocenters. The number of piperazine rings is 1. The quantitative estimate of drug-likeness (QED) is 0.900. The van der Waals surface area contributed by atoms with Gasteiger partial charge in [0.2, 0.25) is 0 Å². The standard InChI is InChI=1S/C16H20N4OS/c1-17-16(21)13-4-2-3-12(7-13)15-9-18-5-6-20(15)10-14-8-19-11-22-14/h2-4,7-8,11,15,18H,5-6,9-10H2,1H3,(H,17,21). The fraction of sp³-hybridized carbons (Fsp3) is 0.375. The summed E-state index contributed by atoms with van der Waals surface area (Å²) in [5.74, 6) is -0.0420. The number of hydrogen-bond donors (Lipinski definition) is 2. The maximum Gasteiger partial charge on any atom is 0.251 e. The molecule has 1 fully saturated rings. The molecule has 1 amide bonds. The lowest BCUT2D eigenvalue weighted by Crippen LogP contribution is -2.45. The van der Waals surface area contributed by atoms with Crippen molar-refractivity contribution in [2.75, 3.05) is 26.7 Å². The largest absolute Gasteiger partial charge is 0.355 e. The first-order valence-electron chi connectivity index (χ1n) is 7.42. The Labute approximate surface area is 134 Å². The third kappa shape index (κ3) is 3.35. The molecule has 1 aliphatic rings. The van der Waals surface area contributed by atoms with Crippen molar-refractivity contribution in [1.29, 1.82) is 0 Å². The molecule has 0 saturated carbocycles. The minimum atomic E-state index is -0.0420. The Morgan fingerprint density at radius 1 is 1.55 bits per heavy atom. The molecule has 2 heterocycles. The molecule has 1 saturated heterocycles. The Hall–Kier alpha value is -1.76. The van der Waals surface area contributed by atoms with E-state index < -0.39 is 0 Å². The molecule has 1 unspecified atom stereocenters. The summed E-state index contributed by atoms with van der Waals surface area (Å²) in [6, 6.07) is 8.19. The van der Waals surface area contributed by atoms with Crippen molar-refractivity contribution in [3.63, 3.8) is 0 Å². The predicted molar refractivity (Wildman–Crippen MR) is 88.0 cm³/mol. The molecular weight excluding hydrogens is 296 g/mol. The minimum absolute atomic E-state index is 0.0420. The second kappa shape index (κ2) is 7.00. The van der Waals surface area contributed by atoms with Crippen molar-refractivity contribution < 1.29 is 4.79 Å². The highest BCUT2D eigenvalue weighted by Crippen LogP contribution is 2.25. The van der Waals surface area contributed by atoms with Crippen LogP contribution in [-0.2, 0) is 6.54 Å². The van der Waals surface area contributed by atoms with E-state index in [1.807, 2.05) is 29.9 Å². The van der Waals surface area contributed by atoms with E-state index in [9.17, 15) is 4.79 Å². The highest BCUT2D eigenvalue weighted by Gasteiger charge is 2.24. The van der Waals surface area contributed by atoms with Crippen molar-refractivity contribution in [3.8, 4) is 0 Å². The second-order valence-corrected chi connectivity index (χ2v) is 6.33. The summed E-state index contributed by atoms with van der Waals surface area (Å²) in [6.45, 7) is 3.79. The number of carbonyl (C=O) groups excluding carboxylic acids is 1. The zero-order valence-corrected chi connectivity index (χ0v) is 13.4. The fourth-order valence-electron chi connectivity index (χ4n) is 2.82. The molecule has 22 heavy (non-hydrogen) atoms. The highest BCUT2D eigenvalue weighted by atomic mass is 32.1. The van der Waals surface area contributed by atoms with Gasteiger partial charge in [0, 0.05) is 55.9 Å². The van der Waals surface area contributed by atoms with Crippen LogP contribution in [0.3, 0.4) is 0 Å². The molecule has 5 nitrogen and oxygen atoms in total. The molecular formula is C16H20N4OS. The SMILES string of the molecule is CNC(=O)c1cccc(C2CNCCN2Cc2cncs2)c1. The van der Waals surface area contributed by atoms with Crippen molar-refractivity contribution >= 4 is 17.2 Å². The van der Waals surface area contributed by atoms with Crippen LogP contribution < -0.4 is 10.6 Å². The summed E-state index contributed by atoms with van der Waals surface area (Å²) in [5.41, 5.74) is 3.76. The topological polar surface area (TPSA) is 57.3 Å². The van der Waals surface area contributed by atoms with Crippen molar-refractivity contribution in [1.82, 2.24) is 20.5 Å². The first kappa shape index (κ1) is 15.1. The number of benzene rings is 1. The van der Waals surface area contributed by atoms with E-state index in [2.05, 4.69) is 26.6 Å². The Balaban J connectivity index is 1.82. The van der Waals surface area contributed by atoms with Gasteiger partial charge in [-0.3, -0.25) is 14.7 Å². The smallest absolute Gasteiger partial charge is 0.251 e. The van der Waals surface area contributed by atoms with Gasteiger partial charge < -0.3 is 10.6 Å². The first-order chi connectivity index (χ1) is 10.8. The van der Waals surface area contributed by atoms with E-state index in [-0.39, 0.29) is 11.9 Å². The van der Waals surface area contributed by atoms with Gasteiger partial charge in [-0.25, -0.2) is 0 Å². The number of nitrogens with one attached hydrogen (secondary N) is 2. The Morgan fingerprint density at radius 2 is 2.45 bits per heavy atom. The van der Waals surface area contributed by atoms with Gasteiger partial charge >= 0.3 is 0 Å². The Morgan fingerprint density at radius 3 is 3.23 bits per heavy atom. The molecule has 0 aliphatic carbocycles. The van der Waals surface area contributed by atoms with E-state index in [1.165, 1.54) is 10.4 Å². The van der Waals surface area contributed by atoms with Crippen molar-refractivity contribution in [3.05, 3.63) is 52.0 Å². The lowest BCUT2D eigenvalue weighted by Gasteiger charge is -2.36. The first-order valence-corrected chi connectivity index (χ1v) is 8.30. The van der Waals surface area contributed by atoms with Gasteiger partial charge in [0.1, 0.15) is 0 Å². The van der Waals surface area contributed by atoms with Gasteiger partial charge in [0.25, 0.3) is 5.91 Å². The Bertz CT molecular complexity index is 629. The summed E-state index contributed by atoms with van der Waals surface area (Å²) in [4.78, 5) is 19.7. The van der Waals surface area contributed by atoms with E-state index in [0.29, 0.717) is 5.56 Å². The monoisotopic (exact) mass is 316 g/mol. The molecule has 1 aromatic heterocycles. The predicted octanol–water partition coefficient (Wildman–Crippen LogP) is 1.65. The normalized spacial score (nSPS) is 19.0. The number of nitrogens with zero attached hydrogens (tertiary/aromatic N) is 2. The van der Waals surface area contributed by atoms with Crippen LogP contribution >= 0.6 is 11.3 Å². The van der Waals surface area contributed by atoms with Crippen LogP contribution in [0, 0.1) is 0 Å². The van der Waals surface area contributed by atoms with E-state index in [0.717, 1.165) is 26.2 Å². The maximum atomic E-state index is 11.8. The van der Waals surface area contributed by atoms with E-state index in [1.54, 1.807) is 18.4 Å². The lowest BCUT2D eigenvalue weighted by atomic mass is 10.0. The van der Waals surface area contributed by atoms with Gasteiger partial charge in [0.05, 0.1) is 5.51 Å². The summed E-state index contributed by atoms with van der Waals surface area (Å²) in [6.07, 6.45) is 1.94. The summed E-state index contributed by atoms with van der Waals surface area (Å²) >= 11 is 1.69. The minimum Gasteiger partial charge on any atom is -0.355 e. The lowest BCUT2D eigenvalue weighted by molar-refractivity contribution is 0.0962. The molecule has 0 spiro atoms. The average molecular weight is 316 g/mol. The molecule has 6 heteroatoms. The van der Waals surface area contributed by atoms with Crippen LogP contribution in [0.25, 0.3) is 0 Å². The fourth-order valence-corrected chi connectivity index (χ4v) is 3.44. The summed E-state index contributed by atoms with van der Waals surface area (Å²) in [5, 5.41) is 6.14. The van der Waals surface area contributed by atoms with Gasteiger partial charge in [-0.15, -0.1) is 11.3 Å². The third-order valence-electron chi connectivity index (χ3n) is 3.96. The maximum absolute atomic E-state index is 11.8. The van der Waals surface area contributed by atoms with Crippen LogP contribution in [-0.4, -0.2) is 42.5 Å². The highest BCUT2D eigenvalue weighted by molar-refractivity contribution is 7.09. The molecule has 0 bridgehead atoms. The van der Waals surface area contributed by atoms with Gasteiger partial charge in [0.15, 0.2) is 0 Å². The van der Waals surface area contributed by atoms with Gasteiger partial charge in [-0.05, 0) is 17.7 Å².